The summed E-state index contributed by atoms with van der Waals surface area (Å²) in [6, 6.07) is 0. The molecule has 0 aromatic carbocycles. The van der Waals surface area contributed by atoms with Crippen LogP contribution < -0.4 is 0 Å². The Morgan fingerprint density at radius 2 is 2.21 bits per heavy atom. The van der Waals surface area contributed by atoms with Gasteiger partial charge in [0, 0.05) is 54.6 Å². The lowest BCUT2D eigenvalue weighted by Gasteiger charge is -2.32. The summed E-state index contributed by atoms with van der Waals surface area (Å²) in [5.41, 5.74) is 3.08. The number of piperidine rings is 1. The molecule has 1 atom stereocenters. The van der Waals surface area contributed by atoms with Gasteiger partial charge in [-0.25, -0.2) is 8.42 Å². The van der Waals surface area contributed by atoms with Crippen LogP contribution in [0, 0.1) is 6.92 Å². The van der Waals surface area contributed by atoms with Crippen molar-refractivity contribution in [3.8, 4) is 0 Å². The van der Waals surface area contributed by atoms with Gasteiger partial charge in [-0.3, -0.25) is 9.58 Å². The Morgan fingerprint density at radius 1 is 1.42 bits per heavy atom. The third-order valence-electron chi connectivity index (χ3n) is 4.61. The molecule has 2 aromatic rings. The molecule has 1 aliphatic rings. The van der Waals surface area contributed by atoms with Crippen LogP contribution in [0.4, 0.5) is 0 Å². The van der Waals surface area contributed by atoms with E-state index in [2.05, 4.69) is 33.4 Å². The summed E-state index contributed by atoms with van der Waals surface area (Å²) in [5, 5.41) is 8.53. The van der Waals surface area contributed by atoms with Crippen molar-refractivity contribution in [1.82, 2.24) is 24.3 Å². The number of sulfone groups is 1. The molecule has 9 heteroatoms. The Hall–Kier alpha value is -1.32. The number of rotatable bonds is 5. The lowest BCUT2D eigenvalue weighted by molar-refractivity contribution is 0.197. The second kappa shape index (κ2) is 6.89. The molecule has 1 saturated heterocycles. The molecule has 0 radical (unpaired) electrons. The van der Waals surface area contributed by atoms with E-state index in [9.17, 15) is 8.42 Å². The van der Waals surface area contributed by atoms with E-state index < -0.39 is 9.84 Å². The van der Waals surface area contributed by atoms with Gasteiger partial charge in [-0.2, -0.15) is 5.10 Å². The Bertz CT molecular complexity index is 812. The summed E-state index contributed by atoms with van der Waals surface area (Å²) in [6.45, 7) is 7.72. The van der Waals surface area contributed by atoms with E-state index in [4.69, 9.17) is 0 Å². The van der Waals surface area contributed by atoms with E-state index in [1.54, 1.807) is 0 Å². The smallest absolute Gasteiger partial charge is 0.188 e. The van der Waals surface area contributed by atoms with Crippen LogP contribution in [0.15, 0.2) is 10.4 Å². The lowest BCUT2D eigenvalue weighted by atomic mass is 9.95. The molecule has 0 N–H and O–H groups in total. The second-order valence-corrected chi connectivity index (χ2v) is 9.33. The first-order valence-electron chi connectivity index (χ1n) is 8.16. The first kappa shape index (κ1) is 17.5. The normalized spacial score (nSPS) is 19.7. The van der Waals surface area contributed by atoms with Gasteiger partial charge in [0.25, 0.3) is 0 Å². The highest BCUT2D eigenvalue weighted by Gasteiger charge is 2.29. The highest BCUT2D eigenvalue weighted by Crippen LogP contribution is 2.32. The maximum atomic E-state index is 11.9. The number of aromatic nitrogens is 4. The molecule has 3 heterocycles. The minimum atomic E-state index is -3.26. The van der Waals surface area contributed by atoms with Gasteiger partial charge in [0.05, 0.1) is 11.9 Å². The van der Waals surface area contributed by atoms with Crippen LogP contribution in [0.5, 0.6) is 0 Å². The van der Waals surface area contributed by atoms with Crippen molar-refractivity contribution in [2.75, 3.05) is 19.3 Å². The first-order chi connectivity index (χ1) is 11.4. The minimum absolute atomic E-state index is 0.128. The zero-order valence-corrected chi connectivity index (χ0v) is 15.9. The number of hydrogen-bond donors (Lipinski definition) is 0. The summed E-state index contributed by atoms with van der Waals surface area (Å²) in [7, 11) is -3.26. The van der Waals surface area contributed by atoms with Gasteiger partial charge in [-0.1, -0.05) is 4.49 Å². The van der Waals surface area contributed by atoms with Crippen LogP contribution in [0.25, 0.3) is 0 Å². The molecule has 7 nitrogen and oxygen atoms in total. The van der Waals surface area contributed by atoms with Gasteiger partial charge in [-0.05, 0) is 33.2 Å². The Kier molecular flexibility index (Phi) is 5.03. The molecule has 0 aliphatic carbocycles. The summed E-state index contributed by atoms with van der Waals surface area (Å²) < 4.78 is 30.0. The Morgan fingerprint density at radius 3 is 2.88 bits per heavy atom. The molecule has 24 heavy (non-hydrogen) atoms. The third kappa shape index (κ3) is 3.52. The molecule has 0 saturated carbocycles. The average Bonchev–Trinajstić information content (AvgIpc) is 3.15. The number of hydrogen-bond acceptors (Lipinski definition) is 7. The first-order valence-corrected chi connectivity index (χ1v) is 10.8. The largest absolute Gasteiger partial charge is 0.298 e. The average molecular weight is 370 g/mol. The SMILES string of the molecule is CCn1ncc(CN2CCC[C@H](c3nnsc3S(C)(=O)=O)C2)c1C. The van der Waals surface area contributed by atoms with Crippen LogP contribution in [0.1, 0.15) is 42.6 Å². The zero-order chi connectivity index (χ0) is 17.3. The van der Waals surface area contributed by atoms with Gasteiger partial charge < -0.3 is 0 Å². The van der Waals surface area contributed by atoms with E-state index in [1.165, 1.54) is 17.5 Å². The molecule has 0 bridgehead atoms. The van der Waals surface area contributed by atoms with Crippen molar-refractivity contribution in [1.29, 1.82) is 0 Å². The van der Waals surface area contributed by atoms with E-state index >= 15 is 0 Å². The summed E-state index contributed by atoms with van der Waals surface area (Å²) in [4.78, 5) is 2.36. The molecule has 0 unspecified atom stereocenters. The molecular formula is C15H23N5O2S2. The van der Waals surface area contributed by atoms with Gasteiger partial charge >= 0.3 is 0 Å². The predicted molar refractivity (Wildman–Crippen MR) is 92.9 cm³/mol. The molecule has 1 fully saturated rings. The summed E-state index contributed by atoms with van der Waals surface area (Å²) in [5.74, 6) is 0.128. The van der Waals surface area contributed by atoms with Crippen molar-refractivity contribution in [3.05, 3.63) is 23.1 Å². The van der Waals surface area contributed by atoms with Gasteiger partial charge in [0.2, 0.25) is 0 Å². The third-order valence-corrected chi connectivity index (χ3v) is 7.16. The summed E-state index contributed by atoms with van der Waals surface area (Å²) >= 11 is 0.983. The van der Waals surface area contributed by atoms with Crippen LogP contribution in [-0.2, 0) is 22.9 Å². The van der Waals surface area contributed by atoms with Gasteiger partial charge in [0.1, 0.15) is 0 Å². The van der Waals surface area contributed by atoms with Crippen molar-refractivity contribution in [2.24, 2.45) is 0 Å². The molecule has 0 spiro atoms. The maximum absolute atomic E-state index is 11.9. The van der Waals surface area contributed by atoms with Gasteiger partial charge in [0.15, 0.2) is 14.0 Å². The van der Waals surface area contributed by atoms with Crippen molar-refractivity contribution >= 4 is 21.4 Å². The molecule has 0 amide bonds. The summed E-state index contributed by atoms with van der Waals surface area (Å²) in [6.07, 6.45) is 5.16. The quantitative estimate of drug-likeness (QED) is 0.800. The molecule has 2 aromatic heterocycles. The van der Waals surface area contributed by atoms with Crippen molar-refractivity contribution in [2.45, 2.75) is 49.9 Å². The number of likely N-dealkylation sites (tertiary alicyclic amines) is 1. The van der Waals surface area contributed by atoms with Crippen LogP contribution >= 0.6 is 11.5 Å². The highest BCUT2D eigenvalue weighted by molar-refractivity contribution is 7.92. The van der Waals surface area contributed by atoms with E-state index in [1.807, 2.05) is 10.9 Å². The topological polar surface area (TPSA) is 81.0 Å². The van der Waals surface area contributed by atoms with E-state index in [0.717, 1.165) is 50.6 Å². The number of aryl methyl sites for hydroxylation is 1. The highest BCUT2D eigenvalue weighted by atomic mass is 32.2. The second-order valence-electron chi connectivity index (χ2n) is 6.36. The minimum Gasteiger partial charge on any atom is -0.298 e. The van der Waals surface area contributed by atoms with Gasteiger partial charge in [-0.15, -0.1) is 5.10 Å². The van der Waals surface area contributed by atoms with Crippen LogP contribution in [0.3, 0.4) is 0 Å². The van der Waals surface area contributed by atoms with E-state index in [-0.39, 0.29) is 5.92 Å². The Labute approximate surface area is 146 Å². The monoisotopic (exact) mass is 369 g/mol. The fourth-order valence-corrected chi connectivity index (χ4v) is 5.05. The standard InChI is InChI=1S/C15H23N5O2S2/c1-4-20-11(2)13(8-16-20)10-19-7-5-6-12(9-19)14-15(23-18-17-14)24(3,21)22/h8,12H,4-7,9-10H2,1-3H3/t12-/m0/s1. The molecular weight excluding hydrogens is 346 g/mol. The lowest BCUT2D eigenvalue weighted by Crippen LogP contribution is -2.34. The predicted octanol–water partition coefficient (Wildman–Crippen LogP) is 1.85. The maximum Gasteiger partial charge on any atom is 0.188 e. The van der Waals surface area contributed by atoms with Crippen LogP contribution in [0.2, 0.25) is 0 Å². The fraction of sp³-hybridized carbons (Fsp3) is 0.667. The van der Waals surface area contributed by atoms with Crippen molar-refractivity contribution in [3.63, 3.8) is 0 Å². The fourth-order valence-electron chi connectivity index (χ4n) is 3.32. The molecule has 132 valence electrons. The van der Waals surface area contributed by atoms with Crippen molar-refractivity contribution < 1.29 is 8.42 Å². The van der Waals surface area contributed by atoms with Crippen LogP contribution in [-0.4, -0.2) is 52.0 Å². The Balaban J connectivity index is 1.75. The molecule has 1 aliphatic heterocycles. The zero-order valence-electron chi connectivity index (χ0n) is 14.3. The number of nitrogens with zero attached hydrogens (tertiary/aromatic N) is 5. The van der Waals surface area contributed by atoms with E-state index in [0.29, 0.717) is 9.90 Å². The molecule has 3 rings (SSSR count).